The third-order valence-corrected chi connectivity index (χ3v) is 5.99. The SMILES string of the molecule is CC1=CC(CNC(=O)NC(C)C)C(C(C)C)CC1CC(=O)N(C)Cc1cccnc1. The highest BCUT2D eigenvalue weighted by Gasteiger charge is 2.33. The monoisotopic (exact) mass is 414 g/mol. The zero-order chi connectivity index (χ0) is 22.3. The molecule has 0 spiro atoms. The van der Waals surface area contributed by atoms with Crippen molar-refractivity contribution in [2.24, 2.45) is 23.7 Å². The number of urea groups is 1. The molecule has 0 aromatic carbocycles. The number of hydrogen-bond acceptors (Lipinski definition) is 3. The summed E-state index contributed by atoms with van der Waals surface area (Å²) in [7, 11) is 1.86. The van der Waals surface area contributed by atoms with Crippen LogP contribution in [0, 0.1) is 23.7 Å². The van der Waals surface area contributed by atoms with E-state index in [0.29, 0.717) is 37.3 Å². The van der Waals surface area contributed by atoms with E-state index < -0.39 is 0 Å². The fourth-order valence-corrected chi connectivity index (χ4v) is 4.25. The highest BCUT2D eigenvalue weighted by Crippen LogP contribution is 2.39. The third kappa shape index (κ3) is 7.15. The first-order chi connectivity index (χ1) is 14.2. The zero-order valence-electron chi connectivity index (χ0n) is 19.3. The van der Waals surface area contributed by atoms with Gasteiger partial charge >= 0.3 is 6.03 Å². The number of carbonyl (C=O) groups is 2. The van der Waals surface area contributed by atoms with Gasteiger partial charge in [-0.1, -0.05) is 31.6 Å². The van der Waals surface area contributed by atoms with Crippen molar-refractivity contribution in [2.45, 2.75) is 60.0 Å². The summed E-state index contributed by atoms with van der Waals surface area (Å²) in [5.41, 5.74) is 2.29. The summed E-state index contributed by atoms with van der Waals surface area (Å²) in [5, 5.41) is 5.89. The predicted molar refractivity (Wildman–Crippen MR) is 121 cm³/mol. The molecule has 6 heteroatoms. The van der Waals surface area contributed by atoms with Crippen LogP contribution in [0.2, 0.25) is 0 Å². The second kappa shape index (κ2) is 11.1. The van der Waals surface area contributed by atoms with E-state index in [-0.39, 0.29) is 23.9 Å². The van der Waals surface area contributed by atoms with Gasteiger partial charge in [0.25, 0.3) is 0 Å². The van der Waals surface area contributed by atoms with Crippen molar-refractivity contribution < 1.29 is 9.59 Å². The minimum absolute atomic E-state index is 0.118. The molecule has 6 nitrogen and oxygen atoms in total. The molecule has 3 amide bonds. The first-order valence-corrected chi connectivity index (χ1v) is 11.0. The second-order valence-electron chi connectivity index (χ2n) is 9.24. The molecule has 2 rings (SSSR count). The van der Waals surface area contributed by atoms with E-state index in [1.165, 1.54) is 5.57 Å². The molecule has 0 radical (unpaired) electrons. The van der Waals surface area contributed by atoms with E-state index in [1.54, 1.807) is 17.3 Å². The summed E-state index contributed by atoms with van der Waals surface area (Å²) in [6.45, 7) is 11.7. The number of hydrogen-bond donors (Lipinski definition) is 2. The Morgan fingerprint density at radius 2 is 2.00 bits per heavy atom. The van der Waals surface area contributed by atoms with Gasteiger partial charge in [-0.05, 0) is 62.5 Å². The molecule has 3 atom stereocenters. The Morgan fingerprint density at radius 3 is 2.60 bits per heavy atom. The molecule has 0 saturated carbocycles. The summed E-state index contributed by atoms with van der Waals surface area (Å²) >= 11 is 0. The van der Waals surface area contributed by atoms with Gasteiger partial charge in [-0.2, -0.15) is 0 Å². The molecule has 1 aromatic rings. The number of rotatable bonds is 8. The summed E-state index contributed by atoms with van der Waals surface area (Å²) < 4.78 is 0. The van der Waals surface area contributed by atoms with Crippen molar-refractivity contribution in [3.63, 3.8) is 0 Å². The summed E-state index contributed by atoms with van der Waals surface area (Å²) in [6.07, 6.45) is 7.33. The normalized spacial score (nSPS) is 21.3. The molecule has 1 heterocycles. The van der Waals surface area contributed by atoms with Crippen LogP contribution in [0.5, 0.6) is 0 Å². The summed E-state index contributed by atoms with van der Waals surface area (Å²) in [4.78, 5) is 30.8. The van der Waals surface area contributed by atoms with Crippen LogP contribution in [-0.4, -0.2) is 41.5 Å². The molecule has 0 saturated heterocycles. The van der Waals surface area contributed by atoms with Crippen LogP contribution < -0.4 is 10.6 Å². The minimum atomic E-state index is -0.118. The Hall–Kier alpha value is -2.37. The number of amides is 3. The van der Waals surface area contributed by atoms with Crippen molar-refractivity contribution in [3.8, 4) is 0 Å². The van der Waals surface area contributed by atoms with E-state index >= 15 is 0 Å². The third-order valence-electron chi connectivity index (χ3n) is 5.99. The van der Waals surface area contributed by atoms with E-state index in [1.807, 2.05) is 33.0 Å². The highest BCUT2D eigenvalue weighted by molar-refractivity contribution is 5.76. The van der Waals surface area contributed by atoms with Gasteiger partial charge in [0, 0.05) is 45.0 Å². The Bertz CT molecular complexity index is 730. The number of aromatic nitrogens is 1. The van der Waals surface area contributed by atoms with Crippen molar-refractivity contribution in [1.29, 1.82) is 0 Å². The molecule has 1 aliphatic carbocycles. The lowest BCUT2D eigenvalue weighted by Gasteiger charge is -2.37. The lowest BCUT2D eigenvalue weighted by molar-refractivity contribution is -0.131. The molecular weight excluding hydrogens is 376 g/mol. The summed E-state index contributed by atoms with van der Waals surface area (Å²) in [6, 6.07) is 3.89. The smallest absolute Gasteiger partial charge is 0.315 e. The second-order valence-corrected chi connectivity index (χ2v) is 9.24. The molecule has 2 N–H and O–H groups in total. The van der Waals surface area contributed by atoms with Crippen molar-refractivity contribution >= 4 is 11.9 Å². The van der Waals surface area contributed by atoms with E-state index in [4.69, 9.17) is 0 Å². The van der Waals surface area contributed by atoms with Gasteiger partial charge in [0.15, 0.2) is 0 Å². The topological polar surface area (TPSA) is 74.3 Å². The average Bonchev–Trinajstić information content (AvgIpc) is 2.67. The fraction of sp³-hybridized carbons (Fsp3) is 0.625. The number of pyridine rings is 1. The number of carbonyl (C=O) groups excluding carboxylic acids is 2. The Balaban J connectivity index is 1.98. The van der Waals surface area contributed by atoms with Crippen molar-refractivity contribution in [1.82, 2.24) is 20.5 Å². The maximum Gasteiger partial charge on any atom is 0.315 e. The van der Waals surface area contributed by atoms with Crippen LogP contribution in [-0.2, 0) is 11.3 Å². The van der Waals surface area contributed by atoms with Gasteiger partial charge < -0.3 is 15.5 Å². The molecule has 0 fully saturated rings. The van der Waals surface area contributed by atoms with Gasteiger partial charge in [0.05, 0.1) is 0 Å². The van der Waals surface area contributed by atoms with Crippen LogP contribution in [0.4, 0.5) is 4.79 Å². The van der Waals surface area contributed by atoms with Crippen molar-refractivity contribution in [3.05, 3.63) is 41.7 Å². The van der Waals surface area contributed by atoms with Gasteiger partial charge in [0.1, 0.15) is 0 Å². The average molecular weight is 415 g/mol. The van der Waals surface area contributed by atoms with Crippen LogP contribution in [0.3, 0.4) is 0 Å². The predicted octanol–water partition coefficient (Wildman–Crippen LogP) is 3.99. The molecule has 0 bridgehead atoms. The van der Waals surface area contributed by atoms with Gasteiger partial charge in [-0.15, -0.1) is 0 Å². The molecule has 1 aromatic heterocycles. The van der Waals surface area contributed by atoms with Gasteiger partial charge in [0.2, 0.25) is 5.91 Å². The quantitative estimate of drug-likeness (QED) is 0.632. The largest absolute Gasteiger partial charge is 0.341 e. The van der Waals surface area contributed by atoms with E-state index in [0.717, 1.165) is 12.0 Å². The Labute approximate surface area is 181 Å². The van der Waals surface area contributed by atoms with E-state index in [2.05, 4.69) is 42.5 Å². The molecule has 1 aliphatic rings. The first kappa shape index (κ1) is 23.9. The van der Waals surface area contributed by atoms with Gasteiger partial charge in [-0.25, -0.2) is 4.79 Å². The molecule has 0 aliphatic heterocycles. The molecule has 30 heavy (non-hydrogen) atoms. The number of nitrogens with one attached hydrogen (secondary N) is 2. The molecular formula is C24H38N4O2. The van der Waals surface area contributed by atoms with Crippen LogP contribution in [0.1, 0.15) is 53.0 Å². The highest BCUT2D eigenvalue weighted by atomic mass is 16.2. The first-order valence-electron chi connectivity index (χ1n) is 11.0. The lowest BCUT2D eigenvalue weighted by Crippen LogP contribution is -2.43. The number of allylic oxidation sites excluding steroid dienone is 1. The Kier molecular flexibility index (Phi) is 8.88. The molecule has 3 unspecified atom stereocenters. The minimum Gasteiger partial charge on any atom is -0.341 e. The standard InChI is InChI=1S/C24H38N4O2/c1-16(2)22-11-20(12-23(29)28(6)15-19-8-7-9-25-13-19)18(5)10-21(22)14-26-24(30)27-17(3)4/h7-10,13,16-17,20-22H,11-12,14-15H2,1-6H3,(H2,26,27,30). The van der Waals surface area contributed by atoms with Crippen LogP contribution in [0.15, 0.2) is 36.2 Å². The van der Waals surface area contributed by atoms with Crippen LogP contribution in [0.25, 0.3) is 0 Å². The summed E-state index contributed by atoms with van der Waals surface area (Å²) in [5.74, 6) is 1.63. The maximum atomic E-state index is 12.8. The fourth-order valence-electron chi connectivity index (χ4n) is 4.25. The lowest BCUT2D eigenvalue weighted by atomic mass is 9.69. The Morgan fingerprint density at radius 1 is 1.27 bits per heavy atom. The maximum absolute atomic E-state index is 12.8. The van der Waals surface area contributed by atoms with E-state index in [9.17, 15) is 9.59 Å². The molecule has 166 valence electrons. The number of nitrogens with zero attached hydrogens (tertiary/aromatic N) is 2. The zero-order valence-corrected chi connectivity index (χ0v) is 19.3. The van der Waals surface area contributed by atoms with Crippen LogP contribution >= 0.6 is 0 Å². The van der Waals surface area contributed by atoms with Crippen molar-refractivity contribution in [2.75, 3.05) is 13.6 Å². The van der Waals surface area contributed by atoms with Gasteiger partial charge in [-0.3, -0.25) is 9.78 Å².